The molecular weight excluding hydrogens is 600 g/mol. The average Bonchev–Trinajstić information content (AvgIpc) is 3.03. The molecule has 0 rings (SSSR count). The molecule has 6 heteroatoms. The van der Waals surface area contributed by atoms with Gasteiger partial charge in [0.25, 0.3) is 0 Å². The fourth-order valence-corrected chi connectivity index (χ4v) is 5.99. The van der Waals surface area contributed by atoms with Gasteiger partial charge in [-0.1, -0.05) is 176 Å². The van der Waals surface area contributed by atoms with E-state index in [-0.39, 0.29) is 31.1 Å². The fraction of sp³-hybridized carbons (Fsp3) is 0.929. The Balaban J connectivity index is 4.35. The lowest BCUT2D eigenvalue weighted by Crippen LogP contribution is -2.30. The second-order valence-electron chi connectivity index (χ2n) is 15.7. The number of hydrogen-bond acceptors (Lipinski definition) is 6. The van der Waals surface area contributed by atoms with Gasteiger partial charge in [-0.15, -0.1) is 0 Å². The maximum atomic E-state index is 12.6. The first-order valence-corrected chi connectivity index (χ1v) is 20.6. The zero-order valence-electron chi connectivity index (χ0n) is 32.8. The van der Waals surface area contributed by atoms with E-state index in [0.29, 0.717) is 19.3 Å². The Hall–Kier alpha value is -1.59. The summed E-state index contributed by atoms with van der Waals surface area (Å²) in [5, 5.41) is 0. The minimum absolute atomic E-state index is 0.0686. The second-order valence-corrected chi connectivity index (χ2v) is 15.7. The molecule has 0 aliphatic carbocycles. The van der Waals surface area contributed by atoms with Gasteiger partial charge in [-0.25, -0.2) is 0 Å². The Bertz CT molecular complexity index is 746. The van der Waals surface area contributed by atoms with Crippen LogP contribution in [-0.2, 0) is 28.6 Å². The summed E-state index contributed by atoms with van der Waals surface area (Å²) < 4.78 is 16.6. The topological polar surface area (TPSA) is 78.9 Å². The highest BCUT2D eigenvalue weighted by Crippen LogP contribution is 2.16. The van der Waals surface area contributed by atoms with Crippen molar-refractivity contribution in [2.75, 3.05) is 13.2 Å². The Morgan fingerprint density at radius 1 is 0.354 bits per heavy atom. The lowest BCUT2D eigenvalue weighted by atomic mass is 10.0. The van der Waals surface area contributed by atoms with Crippen molar-refractivity contribution < 1.29 is 28.6 Å². The quantitative estimate of drug-likeness (QED) is 0.0376. The van der Waals surface area contributed by atoms with E-state index >= 15 is 0 Å². The van der Waals surface area contributed by atoms with Crippen LogP contribution in [0.2, 0.25) is 0 Å². The number of unbranched alkanes of at least 4 members (excludes halogenated alkanes) is 18. The molecule has 284 valence electrons. The molecule has 48 heavy (non-hydrogen) atoms. The van der Waals surface area contributed by atoms with Gasteiger partial charge >= 0.3 is 17.9 Å². The van der Waals surface area contributed by atoms with Gasteiger partial charge in [-0.05, 0) is 37.0 Å². The van der Waals surface area contributed by atoms with Gasteiger partial charge in [-0.3, -0.25) is 14.4 Å². The van der Waals surface area contributed by atoms with Crippen LogP contribution in [0.25, 0.3) is 0 Å². The molecule has 0 aromatic heterocycles. The van der Waals surface area contributed by atoms with Crippen molar-refractivity contribution in [3.63, 3.8) is 0 Å². The van der Waals surface area contributed by atoms with Crippen molar-refractivity contribution in [2.45, 2.75) is 221 Å². The van der Waals surface area contributed by atoms with Gasteiger partial charge in [0.05, 0.1) is 0 Å². The number of rotatable bonds is 35. The number of carbonyl (C=O) groups is 3. The van der Waals surface area contributed by atoms with Crippen LogP contribution in [0, 0.1) is 17.8 Å². The lowest BCUT2D eigenvalue weighted by molar-refractivity contribution is -0.167. The van der Waals surface area contributed by atoms with Crippen molar-refractivity contribution in [1.82, 2.24) is 0 Å². The van der Waals surface area contributed by atoms with E-state index in [1.807, 2.05) is 0 Å². The Kier molecular flexibility index (Phi) is 32.8. The summed E-state index contributed by atoms with van der Waals surface area (Å²) in [7, 11) is 0. The Morgan fingerprint density at radius 3 is 0.896 bits per heavy atom. The Morgan fingerprint density at radius 2 is 0.604 bits per heavy atom. The van der Waals surface area contributed by atoms with Gasteiger partial charge < -0.3 is 14.2 Å². The third-order valence-corrected chi connectivity index (χ3v) is 9.15. The largest absolute Gasteiger partial charge is 0.462 e. The second kappa shape index (κ2) is 33.9. The predicted molar refractivity (Wildman–Crippen MR) is 201 cm³/mol. The van der Waals surface area contributed by atoms with Gasteiger partial charge in [0, 0.05) is 19.3 Å². The highest BCUT2D eigenvalue weighted by Gasteiger charge is 2.19. The molecule has 0 aromatic carbocycles. The molecule has 0 heterocycles. The summed E-state index contributed by atoms with van der Waals surface area (Å²) in [6.45, 7) is 13.5. The first-order valence-electron chi connectivity index (χ1n) is 20.6. The van der Waals surface area contributed by atoms with Crippen LogP contribution >= 0.6 is 0 Å². The van der Waals surface area contributed by atoms with Crippen molar-refractivity contribution >= 4 is 17.9 Å². The molecule has 0 radical (unpaired) electrons. The van der Waals surface area contributed by atoms with Gasteiger partial charge in [0.15, 0.2) is 6.10 Å². The fourth-order valence-electron chi connectivity index (χ4n) is 5.99. The molecule has 0 unspecified atom stereocenters. The van der Waals surface area contributed by atoms with E-state index in [1.165, 1.54) is 96.3 Å². The maximum Gasteiger partial charge on any atom is 0.306 e. The standard InChI is InChI=1S/C42H80O6/c1-36(2)28-22-16-10-8-7-9-11-19-25-31-40(43)46-34-39(48-42(45)33-27-21-15-13-18-24-30-38(5)6)35-47-41(44)32-26-20-14-12-17-23-29-37(3)4/h36-39H,7-35H2,1-6H3/t39-/m1/s1. The summed E-state index contributed by atoms with van der Waals surface area (Å²) in [6, 6.07) is 0. The van der Waals surface area contributed by atoms with Gasteiger partial charge in [0.2, 0.25) is 0 Å². The molecule has 0 bridgehead atoms. The van der Waals surface area contributed by atoms with Gasteiger partial charge in [-0.2, -0.15) is 0 Å². The summed E-state index contributed by atoms with van der Waals surface area (Å²) >= 11 is 0. The maximum absolute atomic E-state index is 12.6. The van der Waals surface area contributed by atoms with Crippen LogP contribution in [-0.4, -0.2) is 37.2 Å². The van der Waals surface area contributed by atoms with Crippen LogP contribution in [0.3, 0.4) is 0 Å². The highest BCUT2D eigenvalue weighted by molar-refractivity contribution is 5.71. The molecule has 6 nitrogen and oxygen atoms in total. The molecule has 0 saturated carbocycles. The van der Waals surface area contributed by atoms with Crippen LogP contribution in [0.15, 0.2) is 0 Å². The van der Waals surface area contributed by atoms with Crippen LogP contribution in [0.4, 0.5) is 0 Å². The Labute approximate surface area is 298 Å². The van der Waals surface area contributed by atoms with E-state index in [2.05, 4.69) is 41.5 Å². The van der Waals surface area contributed by atoms with Crippen LogP contribution < -0.4 is 0 Å². The average molecular weight is 681 g/mol. The molecule has 0 N–H and O–H groups in total. The monoisotopic (exact) mass is 681 g/mol. The van der Waals surface area contributed by atoms with E-state index in [0.717, 1.165) is 75.5 Å². The molecule has 0 aromatic rings. The third-order valence-electron chi connectivity index (χ3n) is 9.15. The van der Waals surface area contributed by atoms with E-state index in [9.17, 15) is 14.4 Å². The number of ether oxygens (including phenoxy) is 3. The highest BCUT2D eigenvalue weighted by atomic mass is 16.6. The molecule has 0 aliphatic rings. The van der Waals surface area contributed by atoms with Crippen LogP contribution in [0.1, 0.15) is 215 Å². The molecule has 0 aliphatic heterocycles. The van der Waals surface area contributed by atoms with E-state index in [4.69, 9.17) is 14.2 Å². The molecular formula is C42H80O6. The number of esters is 3. The minimum atomic E-state index is -0.761. The SMILES string of the molecule is CC(C)CCCCCCCCCCCC(=O)OC[C@H](COC(=O)CCCCCCCCC(C)C)OC(=O)CCCCCCCCC(C)C. The first-order chi connectivity index (χ1) is 23.1. The molecule has 0 spiro atoms. The van der Waals surface area contributed by atoms with Gasteiger partial charge in [0.1, 0.15) is 13.2 Å². The molecule has 0 amide bonds. The number of hydrogen-bond donors (Lipinski definition) is 0. The van der Waals surface area contributed by atoms with Crippen molar-refractivity contribution in [3.8, 4) is 0 Å². The van der Waals surface area contributed by atoms with E-state index in [1.54, 1.807) is 0 Å². The van der Waals surface area contributed by atoms with Crippen molar-refractivity contribution in [2.24, 2.45) is 17.8 Å². The van der Waals surface area contributed by atoms with Crippen molar-refractivity contribution in [3.05, 3.63) is 0 Å². The summed E-state index contributed by atoms with van der Waals surface area (Å²) in [6.07, 6.45) is 28.3. The van der Waals surface area contributed by atoms with Crippen LogP contribution in [0.5, 0.6) is 0 Å². The number of carbonyl (C=O) groups excluding carboxylic acids is 3. The third kappa shape index (κ3) is 35.7. The minimum Gasteiger partial charge on any atom is -0.462 e. The predicted octanol–water partition coefficient (Wildman–Crippen LogP) is 12.5. The summed E-state index contributed by atoms with van der Waals surface area (Å²) in [4.78, 5) is 37.5. The molecule has 0 saturated heterocycles. The normalized spacial score (nSPS) is 12.2. The molecule has 0 fully saturated rings. The zero-order chi connectivity index (χ0) is 35.7. The van der Waals surface area contributed by atoms with E-state index < -0.39 is 6.10 Å². The first kappa shape index (κ1) is 46.4. The summed E-state index contributed by atoms with van der Waals surface area (Å²) in [5.41, 5.74) is 0. The lowest BCUT2D eigenvalue weighted by Gasteiger charge is -2.18. The zero-order valence-corrected chi connectivity index (χ0v) is 32.8. The van der Waals surface area contributed by atoms with Crippen molar-refractivity contribution in [1.29, 1.82) is 0 Å². The molecule has 1 atom stereocenters. The summed E-state index contributed by atoms with van der Waals surface area (Å²) in [5.74, 6) is 1.45. The smallest absolute Gasteiger partial charge is 0.306 e.